The van der Waals surface area contributed by atoms with Gasteiger partial charge in [0.25, 0.3) is 0 Å². The molecule has 0 unspecified atom stereocenters. The maximum atomic E-state index is 5.45. The van der Waals surface area contributed by atoms with Gasteiger partial charge in [-0.1, -0.05) is 151 Å². The number of nitrogens with zero attached hydrogens (tertiary/aromatic N) is 5. The normalized spacial score (nSPS) is 11.6. The van der Waals surface area contributed by atoms with Gasteiger partial charge in [0.1, 0.15) is 5.82 Å². The van der Waals surface area contributed by atoms with Crippen molar-refractivity contribution in [2.24, 2.45) is 0 Å². The average Bonchev–Trinajstić information content (AvgIpc) is 4.13. The van der Waals surface area contributed by atoms with Crippen molar-refractivity contribution in [3.8, 4) is 50.7 Å². The Balaban J connectivity index is 1.03. The Morgan fingerprint density at radius 1 is 0.284 bits per heavy atom. The quantitative estimate of drug-likeness (QED) is 0.144. The van der Waals surface area contributed by atoms with Crippen LogP contribution in [0.4, 0.5) is 17.1 Å². The number of hydrogen-bond donors (Lipinski definition) is 0. The molecule has 0 spiro atoms. The van der Waals surface area contributed by atoms with Crippen LogP contribution < -0.4 is 4.90 Å². The van der Waals surface area contributed by atoms with Gasteiger partial charge in [-0.15, -0.1) is 0 Å². The number of fused-ring (bicyclic) bond motifs is 7. The lowest BCUT2D eigenvalue weighted by Gasteiger charge is -2.26. The van der Waals surface area contributed by atoms with Gasteiger partial charge in [0, 0.05) is 61.2 Å². The second kappa shape index (κ2) is 17.5. The van der Waals surface area contributed by atoms with Crippen LogP contribution in [-0.4, -0.2) is 18.7 Å². The van der Waals surface area contributed by atoms with E-state index < -0.39 is 0 Å². The van der Waals surface area contributed by atoms with Crippen molar-refractivity contribution >= 4 is 71.7 Å². The molecule has 0 N–H and O–H groups in total. The molecule has 0 aliphatic rings. The molecule has 3 aromatic heterocycles. The summed E-state index contributed by atoms with van der Waals surface area (Å²) in [5.41, 5.74) is 21.0. The fourth-order valence-corrected chi connectivity index (χ4v) is 11.2. The maximum absolute atomic E-state index is 5.45. The molecule has 0 fully saturated rings. The monoisotopic (exact) mass is 947 g/mol. The van der Waals surface area contributed by atoms with Gasteiger partial charge >= 0.3 is 0 Å². The molecule has 0 atom stereocenters. The summed E-state index contributed by atoms with van der Waals surface area (Å²) in [6.45, 7) is 4.27. The summed E-state index contributed by atoms with van der Waals surface area (Å²) in [4.78, 5) is 7.78. The highest BCUT2D eigenvalue weighted by atomic mass is 15.1. The minimum atomic E-state index is 0.878. The molecule has 350 valence electrons. The lowest BCUT2D eigenvalue weighted by atomic mass is 9.94. The summed E-state index contributed by atoms with van der Waals surface area (Å²) in [5.74, 6) is 0.878. The Morgan fingerprint density at radius 3 is 1.15 bits per heavy atom. The summed E-state index contributed by atoms with van der Waals surface area (Å²) in [5, 5.41) is 4.90. The van der Waals surface area contributed by atoms with Gasteiger partial charge in [0.15, 0.2) is 0 Å². The van der Waals surface area contributed by atoms with Crippen LogP contribution in [0.3, 0.4) is 0 Å². The molecule has 0 saturated heterocycles. The number of para-hydroxylation sites is 7. The van der Waals surface area contributed by atoms with Crippen molar-refractivity contribution in [3.63, 3.8) is 0 Å². The van der Waals surface area contributed by atoms with Crippen molar-refractivity contribution in [1.82, 2.24) is 18.7 Å². The van der Waals surface area contributed by atoms with Crippen molar-refractivity contribution in [3.05, 3.63) is 272 Å². The highest BCUT2D eigenvalue weighted by Crippen LogP contribution is 2.42. The first-order valence-corrected chi connectivity index (χ1v) is 25.4. The summed E-state index contributed by atoms with van der Waals surface area (Å²) < 4.78 is 7.19. The first-order chi connectivity index (χ1) is 36.5. The smallest absolute Gasteiger partial charge is 0.145 e. The topological polar surface area (TPSA) is 30.9 Å². The Bertz CT molecular complexity index is 4140. The van der Waals surface area contributed by atoms with Gasteiger partial charge in [0.05, 0.1) is 33.1 Å². The summed E-state index contributed by atoms with van der Waals surface area (Å²) in [6.07, 6.45) is 0. The zero-order chi connectivity index (χ0) is 49.3. The summed E-state index contributed by atoms with van der Waals surface area (Å²) >= 11 is 0. The largest absolute Gasteiger partial charge is 0.311 e. The fraction of sp³-hybridized carbons (Fsp3) is 0.0290. The molecule has 0 aliphatic carbocycles. The third kappa shape index (κ3) is 7.28. The number of benzene rings is 11. The molecule has 0 amide bonds. The highest BCUT2D eigenvalue weighted by Gasteiger charge is 2.21. The van der Waals surface area contributed by atoms with E-state index in [0.29, 0.717) is 0 Å². The van der Waals surface area contributed by atoms with E-state index in [2.05, 4.69) is 293 Å². The number of anilines is 3. The van der Waals surface area contributed by atoms with Gasteiger partial charge in [0.2, 0.25) is 0 Å². The van der Waals surface area contributed by atoms with Crippen molar-refractivity contribution in [2.45, 2.75) is 13.8 Å². The number of hydrogen-bond acceptors (Lipinski definition) is 2. The maximum Gasteiger partial charge on any atom is 0.145 e. The minimum Gasteiger partial charge on any atom is -0.311 e. The van der Waals surface area contributed by atoms with Crippen LogP contribution >= 0.6 is 0 Å². The SMILES string of the molecule is Cc1ccc(N(c2ccc(C)cc2)c2ccc(-c3cc(-c4cc(-n5c6ccccc6c6ccccc65)cc(-n5c6ccccc6c6ccccc65)c4)cc(-c4nc5ccccc5n4-c4ccccc4)c3)cc2)cc1. The van der Waals surface area contributed by atoms with E-state index in [1.54, 1.807) is 0 Å². The standard InChI is InChI=1S/C69H49N5/c1-46-28-34-54(35-29-46)71(55-36-30-47(2)31-37-55)56-38-32-48(33-39-56)49-40-50(42-52(41-49)69-70-63-22-10-15-27-68(63)74(69)53-16-4-3-5-17-53)51-43-57(72-64-23-11-6-18-59(64)60-19-7-12-24-65(60)72)45-58(44-51)73-66-25-13-8-20-61(66)62-21-9-14-26-67(62)73/h3-45H,1-2H3. The van der Waals surface area contributed by atoms with Crippen molar-refractivity contribution in [2.75, 3.05) is 4.90 Å². The zero-order valence-electron chi connectivity index (χ0n) is 41.1. The lowest BCUT2D eigenvalue weighted by molar-refractivity contribution is 1.10. The Labute approximate surface area is 429 Å². The van der Waals surface area contributed by atoms with E-state index in [1.165, 1.54) is 32.7 Å². The molecular formula is C69H49N5. The molecular weight excluding hydrogens is 899 g/mol. The Morgan fingerprint density at radius 2 is 0.662 bits per heavy atom. The summed E-state index contributed by atoms with van der Waals surface area (Å²) in [7, 11) is 0. The molecule has 74 heavy (non-hydrogen) atoms. The van der Waals surface area contributed by atoms with E-state index in [0.717, 1.165) is 101 Å². The zero-order valence-corrected chi connectivity index (χ0v) is 41.1. The molecule has 14 aromatic rings. The average molecular weight is 948 g/mol. The molecule has 14 rings (SSSR count). The van der Waals surface area contributed by atoms with Gasteiger partial charge in [-0.3, -0.25) is 4.57 Å². The van der Waals surface area contributed by atoms with Crippen LogP contribution in [-0.2, 0) is 0 Å². The molecule has 0 radical (unpaired) electrons. The molecule has 0 bridgehead atoms. The van der Waals surface area contributed by atoms with Crippen LogP contribution in [0, 0.1) is 13.8 Å². The molecule has 5 nitrogen and oxygen atoms in total. The van der Waals surface area contributed by atoms with Crippen LogP contribution in [0.1, 0.15) is 11.1 Å². The lowest BCUT2D eigenvalue weighted by Crippen LogP contribution is -2.09. The third-order valence-electron chi connectivity index (χ3n) is 14.7. The van der Waals surface area contributed by atoms with Crippen LogP contribution in [0.25, 0.3) is 105 Å². The molecule has 0 aliphatic heterocycles. The van der Waals surface area contributed by atoms with Crippen LogP contribution in [0.5, 0.6) is 0 Å². The number of imidazole rings is 1. The first kappa shape index (κ1) is 43.1. The van der Waals surface area contributed by atoms with Gasteiger partial charge in [-0.05, 0) is 157 Å². The second-order valence-corrected chi connectivity index (χ2v) is 19.4. The van der Waals surface area contributed by atoms with E-state index in [4.69, 9.17) is 4.98 Å². The number of aryl methyl sites for hydroxylation is 2. The van der Waals surface area contributed by atoms with E-state index in [-0.39, 0.29) is 0 Å². The van der Waals surface area contributed by atoms with Gasteiger partial charge < -0.3 is 14.0 Å². The molecule has 5 heteroatoms. The number of aromatic nitrogens is 4. The first-order valence-electron chi connectivity index (χ1n) is 25.4. The third-order valence-corrected chi connectivity index (χ3v) is 14.7. The van der Waals surface area contributed by atoms with Crippen LogP contribution in [0.15, 0.2) is 261 Å². The van der Waals surface area contributed by atoms with Crippen molar-refractivity contribution < 1.29 is 0 Å². The predicted octanol–water partition coefficient (Wildman–Crippen LogP) is 18.3. The summed E-state index contributed by atoms with van der Waals surface area (Å²) in [6, 6.07) is 95.0. The Hall–Kier alpha value is -9.71. The Kier molecular flexibility index (Phi) is 10.2. The second-order valence-electron chi connectivity index (χ2n) is 19.4. The van der Waals surface area contributed by atoms with Gasteiger partial charge in [-0.25, -0.2) is 4.98 Å². The van der Waals surface area contributed by atoms with E-state index in [9.17, 15) is 0 Å². The molecule has 0 saturated carbocycles. The predicted molar refractivity (Wildman–Crippen MR) is 310 cm³/mol. The van der Waals surface area contributed by atoms with E-state index >= 15 is 0 Å². The van der Waals surface area contributed by atoms with Crippen molar-refractivity contribution in [1.29, 1.82) is 0 Å². The minimum absolute atomic E-state index is 0.878. The van der Waals surface area contributed by atoms with Gasteiger partial charge in [-0.2, -0.15) is 0 Å². The van der Waals surface area contributed by atoms with E-state index in [1.807, 2.05) is 0 Å². The fourth-order valence-electron chi connectivity index (χ4n) is 11.2. The molecule has 11 aromatic carbocycles. The molecule has 3 heterocycles. The van der Waals surface area contributed by atoms with Crippen LogP contribution in [0.2, 0.25) is 0 Å². The highest BCUT2D eigenvalue weighted by molar-refractivity contribution is 6.11. The number of rotatable bonds is 9.